The monoisotopic (exact) mass is 542 g/mol. The first-order valence-electron chi connectivity index (χ1n) is 14.0. The van der Waals surface area contributed by atoms with Crippen molar-refractivity contribution in [2.75, 3.05) is 19.8 Å². The molecule has 0 unspecified atom stereocenters. The van der Waals surface area contributed by atoms with Crippen molar-refractivity contribution in [2.24, 2.45) is 0 Å². The first-order valence-corrected chi connectivity index (χ1v) is 14.0. The Morgan fingerprint density at radius 2 is 1.77 bits per heavy atom. The highest BCUT2D eigenvalue weighted by Gasteiger charge is 2.32. The average Bonchev–Trinajstić information content (AvgIpc) is 3.27. The summed E-state index contributed by atoms with van der Waals surface area (Å²) in [6.45, 7) is 3.01. The average molecular weight is 543 g/mol. The van der Waals surface area contributed by atoms with Gasteiger partial charge in [-0.25, -0.2) is 4.39 Å². The van der Waals surface area contributed by atoms with E-state index in [1.54, 1.807) is 13.0 Å². The molecule has 0 saturated heterocycles. The van der Waals surface area contributed by atoms with Crippen LogP contribution in [0.4, 0.5) is 4.39 Å². The Balaban J connectivity index is 1.39. The molecule has 0 saturated carbocycles. The molecule has 1 aromatic heterocycles. The van der Waals surface area contributed by atoms with Crippen molar-refractivity contribution >= 4 is 22.8 Å². The van der Waals surface area contributed by atoms with Crippen molar-refractivity contribution in [3.8, 4) is 5.75 Å². The van der Waals surface area contributed by atoms with Crippen LogP contribution in [0.15, 0.2) is 78.9 Å². The van der Waals surface area contributed by atoms with E-state index in [1.807, 2.05) is 70.1 Å². The zero-order valence-electron chi connectivity index (χ0n) is 22.9. The summed E-state index contributed by atoms with van der Waals surface area (Å²) in [6.07, 6.45) is 3.08. The molecule has 1 aliphatic carbocycles. The summed E-state index contributed by atoms with van der Waals surface area (Å²) < 4.78 is 27.5. The van der Waals surface area contributed by atoms with Crippen molar-refractivity contribution in [2.45, 2.75) is 51.6 Å². The summed E-state index contributed by atoms with van der Waals surface area (Å²) in [5.74, 6) is 0.209. The fourth-order valence-corrected chi connectivity index (χ4v) is 5.72. The molecular weight excluding hydrogens is 507 g/mol. The number of aromatic nitrogens is 1. The lowest BCUT2D eigenvalue weighted by atomic mass is 9.90. The topological polar surface area (TPSA) is 60.8 Å². The molecule has 0 spiro atoms. The van der Waals surface area contributed by atoms with Crippen LogP contribution >= 0.6 is 0 Å². The highest BCUT2D eigenvalue weighted by atomic mass is 19.1. The van der Waals surface area contributed by atoms with Gasteiger partial charge in [-0.15, -0.1) is 0 Å². The maximum Gasteiger partial charge on any atom is 0.325 e. The Labute approximate surface area is 234 Å². The summed E-state index contributed by atoms with van der Waals surface area (Å²) in [5.41, 5.74) is 3.95. The third-order valence-corrected chi connectivity index (χ3v) is 7.57. The molecule has 7 heteroatoms. The van der Waals surface area contributed by atoms with Crippen LogP contribution in [-0.4, -0.2) is 47.1 Å². The fraction of sp³-hybridized carbons (Fsp3) is 0.333. The van der Waals surface area contributed by atoms with Crippen LogP contribution < -0.4 is 4.74 Å². The Bertz CT molecular complexity index is 1450. The third-order valence-electron chi connectivity index (χ3n) is 7.57. The fourth-order valence-electron chi connectivity index (χ4n) is 5.72. The van der Waals surface area contributed by atoms with E-state index in [-0.39, 0.29) is 30.3 Å². The number of aryl methyl sites for hydroxylation is 1. The van der Waals surface area contributed by atoms with E-state index in [0.717, 1.165) is 39.9 Å². The van der Waals surface area contributed by atoms with Gasteiger partial charge < -0.3 is 18.9 Å². The lowest BCUT2D eigenvalue weighted by Gasteiger charge is -2.35. The van der Waals surface area contributed by atoms with Gasteiger partial charge >= 0.3 is 5.97 Å². The number of carbonyl (C=O) groups excluding carboxylic acids is 2. The molecule has 3 aromatic carbocycles. The quantitative estimate of drug-likeness (QED) is 0.227. The number of ether oxygens (including phenoxy) is 2. The number of rotatable bonds is 11. The molecular formula is C33H35FN2O4. The van der Waals surface area contributed by atoms with Crippen molar-refractivity contribution in [1.29, 1.82) is 0 Å². The number of esters is 1. The van der Waals surface area contributed by atoms with Crippen LogP contribution in [0, 0.1) is 5.82 Å². The molecule has 0 bridgehead atoms. The zero-order valence-corrected chi connectivity index (χ0v) is 22.9. The first-order chi connectivity index (χ1) is 19.5. The molecule has 0 fully saturated rings. The van der Waals surface area contributed by atoms with Gasteiger partial charge in [0, 0.05) is 29.1 Å². The second-order valence-electron chi connectivity index (χ2n) is 10.1. The van der Waals surface area contributed by atoms with Crippen molar-refractivity contribution in [3.63, 3.8) is 0 Å². The Morgan fingerprint density at radius 3 is 2.52 bits per heavy atom. The SMILES string of the molecule is CCOC(=O)Cn1c2c(c3cc(F)ccc31)C[C@@H](N(CCOc1ccccc1)C(=O)CCc1ccccc1)CC2. The van der Waals surface area contributed by atoms with Gasteiger partial charge in [0.25, 0.3) is 0 Å². The minimum Gasteiger partial charge on any atom is -0.492 e. The second-order valence-corrected chi connectivity index (χ2v) is 10.1. The normalized spacial score (nSPS) is 14.5. The molecule has 0 aliphatic heterocycles. The van der Waals surface area contributed by atoms with E-state index in [0.29, 0.717) is 45.4 Å². The smallest absolute Gasteiger partial charge is 0.325 e. The number of hydrogen-bond donors (Lipinski definition) is 0. The van der Waals surface area contributed by atoms with Crippen LogP contribution in [-0.2, 0) is 40.1 Å². The molecule has 0 radical (unpaired) electrons. The van der Waals surface area contributed by atoms with Gasteiger partial charge in [-0.1, -0.05) is 48.5 Å². The first kappa shape index (κ1) is 27.4. The molecule has 208 valence electrons. The minimum absolute atomic E-state index is 0.0555. The van der Waals surface area contributed by atoms with Gasteiger partial charge in [0.1, 0.15) is 24.7 Å². The maximum absolute atomic E-state index is 14.4. The summed E-state index contributed by atoms with van der Waals surface area (Å²) in [5, 5.41) is 0.793. The molecule has 1 atom stereocenters. The minimum atomic E-state index is -0.322. The van der Waals surface area contributed by atoms with Gasteiger partial charge in [-0.05, 0) is 74.1 Å². The number of hydrogen-bond acceptors (Lipinski definition) is 4. The van der Waals surface area contributed by atoms with Gasteiger partial charge in [-0.2, -0.15) is 0 Å². The van der Waals surface area contributed by atoms with Crippen molar-refractivity contribution in [1.82, 2.24) is 9.47 Å². The van der Waals surface area contributed by atoms with Gasteiger partial charge in [0.2, 0.25) is 5.91 Å². The van der Waals surface area contributed by atoms with E-state index in [2.05, 4.69) is 0 Å². The van der Waals surface area contributed by atoms with Crippen molar-refractivity contribution in [3.05, 3.63) is 102 Å². The van der Waals surface area contributed by atoms with E-state index in [4.69, 9.17) is 9.47 Å². The lowest BCUT2D eigenvalue weighted by Crippen LogP contribution is -2.45. The number of halogens is 1. The second kappa shape index (κ2) is 12.8. The number of fused-ring (bicyclic) bond motifs is 3. The van der Waals surface area contributed by atoms with E-state index < -0.39 is 0 Å². The van der Waals surface area contributed by atoms with Gasteiger partial charge in [0.05, 0.1) is 13.2 Å². The molecule has 1 heterocycles. The summed E-state index contributed by atoms with van der Waals surface area (Å²) in [7, 11) is 0. The van der Waals surface area contributed by atoms with Gasteiger partial charge in [0.15, 0.2) is 0 Å². The highest BCUT2D eigenvalue weighted by molar-refractivity contribution is 5.87. The largest absolute Gasteiger partial charge is 0.492 e. The molecule has 4 aromatic rings. The summed E-state index contributed by atoms with van der Waals surface area (Å²) in [4.78, 5) is 28.0. The molecule has 0 N–H and O–H groups in total. The van der Waals surface area contributed by atoms with Crippen LogP contribution in [0.1, 0.15) is 36.6 Å². The molecule has 1 amide bonds. The van der Waals surface area contributed by atoms with E-state index >= 15 is 0 Å². The summed E-state index contributed by atoms with van der Waals surface area (Å²) in [6, 6.07) is 24.2. The van der Waals surface area contributed by atoms with Crippen molar-refractivity contribution < 1.29 is 23.5 Å². The number of amides is 1. The number of carbonyl (C=O) groups is 2. The van der Waals surface area contributed by atoms with Crippen LogP contribution in [0.5, 0.6) is 5.75 Å². The van der Waals surface area contributed by atoms with Crippen LogP contribution in [0.3, 0.4) is 0 Å². The molecule has 5 rings (SSSR count). The third kappa shape index (κ3) is 6.36. The van der Waals surface area contributed by atoms with Crippen LogP contribution in [0.2, 0.25) is 0 Å². The standard InChI is InChI=1S/C33H35FN2O4/c1-2-39-33(38)23-36-30-16-14-25(34)21-28(30)29-22-26(15-17-31(29)36)35(19-20-40-27-11-7-4-8-12-27)32(37)18-13-24-9-5-3-6-10-24/h3-12,14,16,21,26H,2,13,15,17-20,22-23H2,1H3/t26-/m0/s1. The summed E-state index contributed by atoms with van der Waals surface area (Å²) >= 11 is 0. The Hall–Kier alpha value is -4.13. The number of benzene rings is 3. The van der Waals surface area contributed by atoms with E-state index in [9.17, 15) is 14.0 Å². The van der Waals surface area contributed by atoms with Crippen LogP contribution in [0.25, 0.3) is 10.9 Å². The highest BCUT2D eigenvalue weighted by Crippen LogP contribution is 2.34. The number of para-hydroxylation sites is 1. The molecule has 6 nitrogen and oxygen atoms in total. The molecule has 1 aliphatic rings. The van der Waals surface area contributed by atoms with Gasteiger partial charge in [-0.3, -0.25) is 9.59 Å². The Morgan fingerprint density at radius 1 is 1.02 bits per heavy atom. The molecule has 40 heavy (non-hydrogen) atoms. The maximum atomic E-state index is 14.4. The number of nitrogens with zero attached hydrogens (tertiary/aromatic N) is 2. The lowest BCUT2D eigenvalue weighted by molar-refractivity contribution is -0.143. The Kier molecular flexibility index (Phi) is 8.79. The zero-order chi connectivity index (χ0) is 27.9. The predicted molar refractivity (Wildman–Crippen MR) is 153 cm³/mol. The van der Waals surface area contributed by atoms with E-state index in [1.165, 1.54) is 12.1 Å². The predicted octanol–water partition coefficient (Wildman–Crippen LogP) is 5.74.